The number of ether oxygens (including phenoxy) is 1. The van der Waals surface area contributed by atoms with Crippen molar-refractivity contribution in [3.63, 3.8) is 0 Å². The molecule has 1 unspecified atom stereocenters. The molecule has 0 saturated heterocycles. The second kappa shape index (κ2) is 6.67. The number of nitrogens with one attached hydrogen (secondary N) is 1. The average Bonchev–Trinajstić information content (AvgIpc) is 2.22. The molecular weight excluding hydrogens is 268 g/mol. The topological polar surface area (TPSA) is 107 Å². The van der Waals surface area contributed by atoms with Crippen molar-refractivity contribution in [2.75, 3.05) is 29.7 Å². The molecule has 0 bridgehead atoms. The van der Waals surface area contributed by atoms with Gasteiger partial charge in [0.15, 0.2) is 5.82 Å². The van der Waals surface area contributed by atoms with E-state index in [1.54, 1.807) is 13.0 Å². The Balaban J connectivity index is 2.74. The fourth-order valence-electron chi connectivity index (χ4n) is 1.60. The molecule has 0 fully saturated rings. The monoisotopic (exact) mass is 288 g/mol. The molecule has 0 spiro atoms. The lowest BCUT2D eigenvalue weighted by Crippen LogP contribution is -2.25. The molecule has 108 valence electrons. The Morgan fingerprint density at radius 3 is 2.74 bits per heavy atom. The van der Waals surface area contributed by atoms with Crippen molar-refractivity contribution in [1.82, 2.24) is 9.97 Å². The van der Waals surface area contributed by atoms with Crippen LogP contribution in [-0.2, 0) is 21.2 Å². The molecule has 1 aromatic heterocycles. The minimum atomic E-state index is -3.04. The van der Waals surface area contributed by atoms with Crippen LogP contribution in [0.4, 0.5) is 11.6 Å². The standard InChI is InChI=1S/C11H20N4O3S/c1-4-18-6-11-14-9(12)5-10(15-11)13-8(2)7-19(3,16)17/h5,8H,4,6-7H2,1-3H3,(H3,12,13,14,15). The number of anilines is 2. The summed E-state index contributed by atoms with van der Waals surface area (Å²) in [5.41, 5.74) is 5.67. The highest BCUT2D eigenvalue weighted by molar-refractivity contribution is 7.90. The predicted molar refractivity (Wildman–Crippen MR) is 74.6 cm³/mol. The summed E-state index contributed by atoms with van der Waals surface area (Å²) in [5.74, 6) is 1.31. The van der Waals surface area contributed by atoms with E-state index in [-0.39, 0.29) is 18.4 Å². The molecule has 0 radical (unpaired) electrons. The molecule has 0 aliphatic rings. The Morgan fingerprint density at radius 1 is 1.47 bits per heavy atom. The molecule has 1 heterocycles. The summed E-state index contributed by atoms with van der Waals surface area (Å²) >= 11 is 0. The van der Waals surface area contributed by atoms with E-state index in [2.05, 4.69) is 15.3 Å². The molecule has 1 aromatic rings. The van der Waals surface area contributed by atoms with Crippen LogP contribution in [0.1, 0.15) is 19.7 Å². The fourth-order valence-corrected chi connectivity index (χ4v) is 2.59. The number of aromatic nitrogens is 2. The first-order chi connectivity index (χ1) is 8.80. The summed E-state index contributed by atoms with van der Waals surface area (Å²) < 4.78 is 27.6. The number of nitrogen functional groups attached to an aromatic ring is 1. The normalized spacial score (nSPS) is 13.2. The highest BCUT2D eigenvalue weighted by Gasteiger charge is 2.12. The maximum Gasteiger partial charge on any atom is 0.158 e. The largest absolute Gasteiger partial charge is 0.384 e. The molecule has 1 atom stereocenters. The van der Waals surface area contributed by atoms with Crippen LogP contribution in [0, 0.1) is 0 Å². The Labute approximate surface area is 113 Å². The van der Waals surface area contributed by atoms with Crippen molar-refractivity contribution in [3.05, 3.63) is 11.9 Å². The molecule has 0 amide bonds. The van der Waals surface area contributed by atoms with Crippen LogP contribution >= 0.6 is 0 Å². The van der Waals surface area contributed by atoms with Crippen molar-refractivity contribution in [2.45, 2.75) is 26.5 Å². The van der Waals surface area contributed by atoms with Gasteiger partial charge in [-0.1, -0.05) is 0 Å². The molecule has 0 aromatic carbocycles. The number of nitrogens with zero attached hydrogens (tertiary/aromatic N) is 2. The third kappa shape index (κ3) is 6.35. The number of nitrogens with two attached hydrogens (primary N) is 1. The maximum atomic E-state index is 11.2. The highest BCUT2D eigenvalue weighted by atomic mass is 32.2. The van der Waals surface area contributed by atoms with Gasteiger partial charge in [0.1, 0.15) is 28.1 Å². The minimum Gasteiger partial charge on any atom is -0.384 e. The summed E-state index contributed by atoms with van der Waals surface area (Å²) in [6.45, 7) is 4.48. The molecule has 0 saturated carbocycles. The zero-order valence-corrected chi connectivity index (χ0v) is 12.2. The summed E-state index contributed by atoms with van der Waals surface area (Å²) in [5, 5.41) is 2.99. The van der Waals surface area contributed by atoms with E-state index in [4.69, 9.17) is 10.5 Å². The van der Waals surface area contributed by atoms with E-state index in [1.807, 2.05) is 6.92 Å². The van der Waals surface area contributed by atoms with Gasteiger partial charge >= 0.3 is 0 Å². The second-order valence-corrected chi connectivity index (χ2v) is 6.55. The molecule has 3 N–H and O–H groups in total. The highest BCUT2D eigenvalue weighted by Crippen LogP contribution is 2.11. The summed E-state index contributed by atoms with van der Waals surface area (Å²) in [6.07, 6.45) is 1.19. The van der Waals surface area contributed by atoms with Gasteiger partial charge in [-0.2, -0.15) is 0 Å². The third-order valence-electron chi connectivity index (χ3n) is 2.17. The van der Waals surface area contributed by atoms with E-state index in [9.17, 15) is 8.42 Å². The first-order valence-corrected chi connectivity index (χ1v) is 8.01. The van der Waals surface area contributed by atoms with Gasteiger partial charge in [0.05, 0.1) is 5.75 Å². The van der Waals surface area contributed by atoms with E-state index in [1.165, 1.54) is 6.26 Å². The van der Waals surface area contributed by atoms with Gasteiger partial charge in [-0.3, -0.25) is 0 Å². The summed E-state index contributed by atoms with van der Waals surface area (Å²) in [4.78, 5) is 8.26. The molecule has 0 aliphatic heterocycles. The predicted octanol–water partition coefficient (Wildman–Crippen LogP) is 0.440. The molecule has 1 rings (SSSR count). The zero-order valence-electron chi connectivity index (χ0n) is 11.4. The van der Waals surface area contributed by atoms with E-state index < -0.39 is 9.84 Å². The quantitative estimate of drug-likeness (QED) is 0.749. The number of rotatable bonds is 7. The van der Waals surface area contributed by atoms with Crippen LogP contribution in [0.3, 0.4) is 0 Å². The van der Waals surface area contributed by atoms with Gasteiger partial charge in [0.25, 0.3) is 0 Å². The Kier molecular flexibility index (Phi) is 5.49. The fraction of sp³-hybridized carbons (Fsp3) is 0.636. The van der Waals surface area contributed by atoms with Crippen molar-refractivity contribution in [2.24, 2.45) is 0 Å². The van der Waals surface area contributed by atoms with Crippen LogP contribution in [0.2, 0.25) is 0 Å². The van der Waals surface area contributed by atoms with Crippen molar-refractivity contribution in [1.29, 1.82) is 0 Å². The van der Waals surface area contributed by atoms with Gasteiger partial charge in [-0.15, -0.1) is 0 Å². The van der Waals surface area contributed by atoms with E-state index in [0.29, 0.717) is 24.1 Å². The van der Waals surface area contributed by atoms with E-state index in [0.717, 1.165) is 0 Å². The third-order valence-corrected chi connectivity index (χ3v) is 3.28. The van der Waals surface area contributed by atoms with Crippen molar-refractivity contribution >= 4 is 21.5 Å². The number of sulfone groups is 1. The average molecular weight is 288 g/mol. The van der Waals surface area contributed by atoms with Crippen LogP contribution in [-0.4, -0.2) is 43.0 Å². The molecule has 0 aliphatic carbocycles. The Bertz CT molecular complexity index is 519. The first-order valence-electron chi connectivity index (χ1n) is 5.95. The first kappa shape index (κ1) is 15.6. The van der Waals surface area contributed by atoms with Gasteiger partial charge < -0.3 is 15.8 Å². The van der Waals surface area contributed by atoms with Crippen LogP contribution < -0.4 is 11.1 Å². The maximum absolute atomic E-state index is 11.2. The lowest BCUT2D eigenvalue weighted by molar-refractivity contribution is 0.128. The summed E-state index contributed by atoms with van der Waals surface area (Å²) in [6, 6.07) is 1.30. The van der Waals surface area contributed by atoms with E-state index >= 15 is 0 Å². The Hall–Kier alpha value is -1.41. The van der Waals surface area contributed by atoms with Crippen LogP contribution in [0.15, 0.2) is 6.07 Å². The minimum absolute atomic E-state index is 0.0255. The van der Waals surface area contributed by atoms with Crippen molar-refractivity contribution < 1.29 is 13.2 Å². The zero-order chi connectivity index (χ0) is 14.5. The van der Waals surface area contributed by atoms with Crippen molar-refractivity contribution in [3.8, 4) is 0 Å². The van der Waals surface area contributed by atoms with Gasteiger partial charge in [-0.05, 0) is 13.8 Å². The molecule has 7 nitrogen and oxygen atoms in total. The SMILES string of the molecule is CCOCc1nc(N)cc(NC(C)CS(C)(=O)=O)n1. The summed E-state index contributed by atoms with van der Waals surface area (Å²) in [7, 11) is -3.04. The molecule has 19 heavy (non-hydrogen) atoms. The Morgan fingerprint density at radius 2 is 2.16 bits per heavy atom. The second-order valence-electron chi connectivity index (χ2n) is 4.37. The molecular formula is C11H20N4O3S. The van der Waals surface area contributed by atoms with Gasteiger partial charge in [0, 0.05) is 25.0 Å². The lowest BCUT2D eigenvalue weighted by atomic mass is 10.4. The van der Waals surface area contributed by atoms with Gasteiger partial charge in [-0.25, -0.2) is 18.4 Å². The number of hydrogen-bond donors (Lipinski definition) is 2. The number of hydrogen-bond acceptors (Lipinski definition) is 7. The lowest BCUT2D eigenvalue weighted by Gasteiger charge is -2.14. The molecule has 8 heteroatoms. The van der Waals surface area contributed by atoms with Crippen LogP contribution in [0.25, 0.3) is 0 Å². The van der Waals surface area contributed by atoms with Crippen LogP contribution in [0.5, 0.6) is 0 Å². The smallest absolute Gasteiger partial charge is 0.158 e. The van der Waals surface area contributed by atoms with Gasteiger partial charge in [0.2, 0.25) is 0 Å².